The van der Waals surface area contributed by atoms with E-state index in [1.54, 1.807) is 13.2 Å². The van der Waals surface area contributed by atoms with Crippen molar-refractivity contribution in [2.45, 2.75) is 77.0 Å². The Morgan fingerprint density at radius 1 is 1.19 bits per heavy atom. The van der Waals surface area contributed by atoms with Crippen LogP contribution in [-0.2, 0) is 20.8 Å². The molecule has 3 heterocycles. The van der Waals surface area contributed by atoms with Crippen LogP contribution in [0.5, 0.6) is 0 Å². The van der Waals surface area contributed by atoms with Gasteiger partial charge in [0.25, 0.3) is 0 Å². The van der Waals surface area contributed by atoms with E-state index in [1.165, 1.54) is 0 Å². The molecule has 0 radical (unpaired) electrons. The van der Waals surface area contributed by atoms with E-state index >= 15 is 0 Å². The topological polar surface area (TPSA) is 81.3 Å². The van der Waals surface area contributed by atoms with Gasteiger partial charge in [0.15, 0.2) is 18.4 Å². The normalized spacial score (nSPS) is 48.7. The first kappa shape index (κ1) is 18.4. The lowest BCUT2D eigenvalue weighted by Crippen LogP contribution is -2.67. The summed E-state index contributed by atoms with van der Waals surface area (Å²) in [5, 5.41) is 22.3. The van der Waals surface area contributed by atoms with Crippen LogP contribution in [-0.4, -0.2) is 34.2 Å². The Bertz CT molecular complexity index is 614. The Kier molecular flexibility index (Phi) is 4.68. The molecule has 0 bridgehead atoms. The quantitative estimate of drug-likeness (QED) is 0.856. The van der Waals surface area contributed by atoms with Gasteiger partial charge in [-0.15, -0.1) is 0 Å². The van der Waals surface area contributed by atoms with Crippen LogP contribution in [0.4, 0.5) is 0 Å². The number of hydrogen-bond donors (Lipinski definition) is 2. The molecule has 4 rings (SSSR count). The highest BCUT2D eigenvalue weighted by Crippen LogP contribution is 2.55. The maximum Gasteiger partial charge on any atom is 0.193 e. The van der Waals surface area contributed by atoms with E-state index in [1.807, 2.05) is 12.1 Å². The molecular weight excluding hydrogens is 336 g/mol. The number of ether oxygens (including phenoxy) is 3. The molecule has 26 heavy (non-hydrogen) atoms. The van der Waals surface area contributed by atoms with Crippen molar-refractivity contribution in [1.82, 2.24) is 0 Å². The maximum atomic E-state index is 11.8. The molecule has 1 aliphatic carbocycles. The van der Waals surface area contributed by atoms with Crippen molar-refractivity contribution in [3.63, 3.8) is 0 Å². The summed E-state index contributed by atoms with van der Waals surface area (Å²) in [5.74, 6) is -0.133. The predicted molar refractivity (Wildman–Crippen MR) is 92.6 cm³/mol. The zero-order valence-corrected chi connectivity index (χ0v) is 15.8. The lowest BCUT2D eigenvalue weighted by Gasteiger charge is -2.57. The molecular formula is C20H30O6. The minimum absolute atomic E-state index is 0.0120. The first-order valence-corrected chi connectivity index (χ1v) is 9.73. The van der Waals surface area contributed by atoms with E-state index in [4.69, 9.17) is 18.6 Å². The van der Waals surface area contributed by atoms with Crippen molar-refractivity contribution >= 4 is 0 Å². The van der Waals surface area contributed by atoms with Crippen LogP contribution >= 0.6 is 0 Å². The number of hydrogen-bond acceptors (Lipinski definition) is 6. The fraction of sp³-hybridized carbons (Fsp3) is 0.800. The second-order valence-electron chi connectivity index (χ2n) is 8.57. The molecule has 3 fully saturated rings. The summed E-state index contributed by atoms with van der Waals surface area (Å²) in [7, 11) is 0. The fourth-order valence-electron chi connectivity index (χ4n) is 5.28. The molecule has 6 heteroatoms. The van der Waals surface area contributed by atoms with Crippen molar-refractivity contribution in [1.29, 1.82) is 0 Å². The number of rotatable bonds is 3. The maximum absolute atomic E-state index is 11.8. The van der Waals surface area contributed by atoms with Gasteiger partial charge in [-0.1, -0.05) is 13.8 Å². The van der Waals surface area contributed by atoms with Crippen LogP contribution in [0, 0.1) is 23.7 Å². The molecule has 1 aromatic heterocycles. The van der Waals surface area contributed by atoms with Gasteiger partial charge < -0.3 is 28.8 Å². The van der Waals surface area contributed by atoms with Gasteiger partial charge in [0.05, 0.1) is 6.26 Å². The third-order valence-electron chi connectivity index (χ3n) is 6.76. The molecule has 2 saturated heterocycles. The lowest BCUT2D eigenvalue weighted by atomic mass is 9.58. The van der Waals surface area contributed by atoms with Crippen LogP contribution in [0.1, 0.15) is 52.2 Å². The van der Waals surface area contributed by atoms with Gasteiger partial charge in [-0.25, -0.2) is 0 Å². The Labute approximate surface area is 154 Å². The second-order valence-corrected chi connectivity index (χ2v) is 8.57. The highest BCUT2D eigenvalue weighted by atomic mass is 16.8. The predicted octanol–water partition coefficient (Wildman–Crippen LogP) is 3.03. The van der Waals surface area contributed by atoms with E-state index < -0.39 is 24.0 Å². The van der Waals surface area contributed by atoms with Crippen molar-refractivity contribution in [2.24, 2.45) is 23.7 Å². The molecule has 3 aliphatic rings. The second kappa shape index (κ2) is 6.60. The van der Waals surface area contributed by atoms with Crippen molar-refractivity contribution in [3.05, 3.63) is 24.2 Å². The average Bonchev–Trinajstić information content (AvgIpc) is 3.05. The fourth-order valence-corrected chi connectivity index (χ4v) is 5.28. The molecule has 146 valence electrons. The van der Waals surface area contributed by atoms with Crippen LogP contribution < -0.4 is 0 Å². The van der Waals surface area contributed by atoms with E-state index in [9.17, 15) is 10.2 Å². The molecule has 4 unspecified atom stereocenters. The summed E-state index contributed by atoms with van der Waals surface area (Å²) in [4.78, 5) is 0. The first-order chi connectivity index (χ1) is 12.3. The third-order valence-corrected chi connectivity index (χ3v) is 6.76. The van der Waals surface area contributed by atoms with Gasteiger partial charge in [-0.05, 0) is 50.2 Å². The molecule has 1 aromatic rings. The summed E-state index contributed by atoms with van der Waals surface area (Å²) in [6.07, 6.45) is 3.38. The molecule has 2 aliphatic heterocycles. The number of aliphatic hydroxyl groups is 2. The lowest BCUT2D eigenvalue weighted by molar-refractivity contribution is -0.409. The summed E-state index contributed by atoms with van der Waals surface area (Å²) in [6, 6.07) is 3.68. The molecule has 0 aromatic carbocycles. The van der Waals surface area contributed by atoms with Crippen LogP contribution in [0.25, 0.3) is 0 Å². The van der Waals surface area contributed by atoms with Crippen molar-refractivity contribution in [3.8, 4) is 0 Å². The molecule has 0 spiro atoms. The highest BCUT2D eigenvalue weighted by Gasteiger charge is 2.63. The minimum Gasteiger partial charge on any atom is -0.467 e. The molecule has 6 nitrogen and oxygen atoms in total. The van der Waals surface area contributed by atoms with E-state index in [0.29, 0.717) is 18.9 Å². The van der Waals surface area contributed by atoms with Gasteiger partial charge in [0, 0.05) is 18.3 Å². The summed E-state index contributed by atoms with van der Waals surface area (Å²) in [6.45, 7) is 6.20. The summed E-state index contributed by atoms with van der Waals surface area (Å²) < 4.78 is 23.3. The zero-order valence-electron chi connectivity index (χ0n) is 15.8. The Morgan fingerprint density at radius 3 is 2.73 bits per heavy atom. The van der Waals surface area contributed by atoms with Crippen LogP contribution in [0.3, 0.4) is 0 Å². The highest BCUT2D eigenvalue weighted by molar-refractivity contribution is 5.07. The standard InChI is InChI=1S/C20H30O6/c1-12-6-7-16-13(2)17(24-11-14-5-4-10-23-14)25-18-20(16,22)15(12)8-9-19(3,21)26-18/h4-5,10,12-13,15-18,21-22H,6-9,11H2,1-3H3/t12-,13-,15?,16?,17?,18-,19?,20-/m1/s1. The van der Waals surface area contributed by atoms with Gasteiger partial charge in [0.2, 0.25) is 0 Å². The monoisotopic (exact) mass is 366 g/mol. The molecule has 0 amide bonds. The van der Waals surface area contributed by atoms with Gasteiger partial charge >= 0.3 is 0 Å². The Balaban J connectivity index is 1.60. The zero-order chi connectivity index (χ0) is 18.5. The number of furan rings is 1. The Morgan fingerprint density at radius 2 is 2.00 bits per heavy atom. The third kappa shape index (κ3) is 3.02. The van der Waals surface area contributed by atoms with E-state index in [2.05, 4.69) is 13.8 Å². The molecule has 1 saturated carbocycles. The first-order valence-electron chi connectivity index (χ1n) is 9.73. The van der Waals surface area contributed by atoms with Crippen molar-refractivity contribution < 1.29 is 28.8 Å². The van der Waals surface area contributed by atoms with Crippen LogP contribution in [0.2, 0.25) is 0 Å². The summed E-state index contributed by atoms with van der Waals surface area (Å²) in [5.41, 5.74) is -1.10. The smallest absolute Gasteiger partial charge is 0.193 e. The van der Waals surface area contributed by atoms with Crippen LogP contribution in [0.15, 0.2) is 22.8 Å². The minimum atomic E-state index is -1.31. The Hall–Kier alpha value is -0.920. The van der Waals surface area contributed by atoms with E-state index in [-0.39, 0.29) is 17.8 Å². The SMILES string of the molecule is C[C@H]1C(OCc2ccco2)O[C@@H]2OC(C)(O)CCC3[C@H](C)CCC1[C@]32O. The average molecular weight is 366 g/mol. The molecule has 8 atom stereocenters. The van der Waals surface area contributed by atoms with E-state index in [0.717, 1.165) is 25.0 Å². The summed E-state index contributed by atoms with van der Waals surface area (Å²) >= 11 is 0. The van der Waals surface area contributed by atoms with Gasteiger partial charge in [-0.3, -0.25) is 0 Å². The largest absolute Gasteiger partial charge is 0.467 e. The van der Waals surface area contributed by atoms with Gasteiger partial charge in [0.1, 0.15) is 18.0 Å². The molecule has 2 N–H and O–H groups in total. The van der Waals surface area contributed by atoms with Gasteiger partial charge in [-0.2, -0.15) is 0 Å². The van der Waals surface area contributed by atoms with Crippen molar-refractivity contribution in [2.75, 3.05) is 0 Å².